The number of amides is 2. The lowest BCUT2D eigenvalue weighted by Gasteiger charge is -2.28. The maximum atomic E-state index is 12.3. The van der Waals surface area contributed by atoms with Crippen molar-refractivity contribution >= 4 is 23.5 Å². The van der Waals surface area contributed by atoms with Crippen molar-refractivity contribution in [3.8, 4) is 16.3 Å². The highest BCUT2D eigenvalue weighted by Crippen LogP contribution is 2.33. The molecule has 0 saturated heterocycles. The van der Waals surface area contributed by atoms with Crippen molar-refractivity contribution in [1.82, 2.24) is 15.2 Å². The van der Waals surface area contributed by atoms with Crippen LogP contribution in [0.5, 0.6) is 5.75 Å². The Morgan fingerprint density at radius 1 is 1.08 bits per heavy atom. The number of nitrogens with zero attached hydrogens (tertiary/aromatic N) is 2. The van der Waals surface area contributed by atoms with E-state index in [1.54, 1.807) is 24.3 Å². The predicted molar refractivity (Wildman–Crippen MR) is 140 cm³/mol. The predicted octanol–water partition coefficient (Wildman–Crippen LogP) is 6.43. The normalized spacial score (nSPS) is 12.1. The minimum atomic E-state index is -1.02. The average Bonchev–Trinajstić information content (AvgIpc) is 3.30. The Bertz CT molecular complexity index is 1130. The van der Waals surface area contributed by atoms with Crippen LogP contribution in [0.2, 0.25) is 0 Å². The number of alkyl carbamates (subject to hydrolysis) is 1. The first-order valence-corrected chi connectivity index (χ1v) is 12.8. The van der Waals surface area contributed by atoms with E-state index in [-0.39, 0.29) is 12.3 Å². The summed E-state index contributed by atoms with van der Waals surface area (Å²) in [7, 11) is 0. The number of rotatable bonds is 10. The molecule has 2 amide bonds. The summed E-state index contributed by atoms with van der Waals surface area (Å²) < 4.78 is 5.26. The quantitative estimate of drug-likeness (QED) is 0.270. The largest absolute Gasteiger partial charge is 0.508 e. The summed E-state index contributed by atoms with van der Waals surface area (Å²) in [5.41, 5.74) is 1.87. The van der Waals surface area contributed by atoms with Crippen molar-refractivity contribution in [2.75, 3.05) is 6.54 Å². The van der Waals surface area contributed by atoms with E-state index in [1.807, 2.05) is 56.5 Å². The molecule has 3 aromatic rings. The average molecular weight is 512 g/mol. The van der Waals surface area contributed by atoms with Crippen molar-refractivity contribution < 1.29 is 24.5 Å². The molecule has 1 unspecified atom stereocenters. The van der Waals surface area contributed by atoms with Gasteiger partial charge in [-0.05, 0) is 69.9 Å². The van der Waals surface area contributed by atoms with Crippen molar-refractivity contribution in [2.24, 2.45) is 0 Å². The van der Waals surface area contributed by atoms with E-state index in [0.717, 1.165) is 16.1 Å². The number of benzene rings is 2. The molecule has 3 N–H and O–H groups in total. The molecule has 36 heavy (non-hydrogen) atoms. The van der Waals surface area contributed by atoms with E-state index in [2.05, 4.69) is 5.32 Å². The Morgan fingerprint density at radius 3 is 2.42 bits per heavy atom. The molecule has 0 bridgehead atoms. The maximum absolute atomic E-state index is 12.3. The van der Waals surface area contributed by atoms with E-state index in [9.17, 15) is 19.8 Å². The van der Waals surface area contributed by atoms with Crippen LogP contribution in [0.3, 0.4) is 0 Å². The first-order chi connectivity index (χ1) is 17.1. The van der Waals surface area contributed by atoms with Gasteiger partial charge in [0.2, 0.25) is 0 Å². The number of phenols is 1. The third-order valence-electron chi connectivity index (χ3n) is 5.37. The molecule has 1 atom stereocenters. The molecule has 8 nitrogen and oxygen atoms in total. The van der Waals surface area contributed by atoms with Gasteiger partial charge in [-0.15, -0.1) is 11.3 Å². The molecule has 192 valence electrons. The summed E-state index contributed by atoms with van der Waals surface area (Å²) >= 11 is 1.44. The summed E-state index contributed by atoms with van der Waals surface area (Å²) in [5.74, 6) is 0.174. The van der Waals surface area contributed by atoms with Crippen LogP contribution in [0.25, 0.3) is 10.6 Å². The minimum Gasteiger partial charge on any atom is -0.508 e. The van der Waals surface area contributed by atoms with E-state index in [1.165, 1.54) is 16.2 Å². The van der Waals surface area contributed by atoms with Crippen molar-refractivity contribution in [3.05, 3.63) is 71.2 Å². The fraction of sp³-hybridized carbons (Fsp3) is 0.370. The molecular formula is C27H33N3O5S. The number of phenolic OH excluding ortho intramolecular Hbond substituents is 1. The molecule has 0 fully saturated rings. The van der Waals surface area contributed by atoms with E-state index in [4.69, 9.17) is 9.72 Å². The van der Waals surface area contributed by atoms with Crippen LogP contribution in [0.1, 0.15) is 57.3 Å². The first-order valence-electron chi connectivity index (χ1n) is 11.9. The van der Waals surface area contributed by atoms with E-state index in [0.29, 0.717) is 31.5 Å². The Morgan fingerprint density at radius 2 is 1.78 bits per heavy atom. The topological polar surface area (TPSA) is 112 Å². The molecule has 0 radical (unpaired) electrons. The zero-order valence-corrected chi connectivity index (χ0v) is 21.6. The lowest BCUT2D eigenvalue weighted by atomic mass is 10.0. The van der Waals surface area contributed by atoms with Crippen LogP contribution in [0, 0.1) is 0 Å². The molecule has 0 spiro atoms. The highest BCUT2D eigenvalue weighted by atomic mass is 32.1. The second-order valence-corrected chi connectivity index (χ2v) is 10.3. The highest BCUT2D eigenvalue weighted by Gasteiger charge is 2.27. The number of unbranched alkanes of at least 4 members (excludes halogenated alkanes) is 1. The summed E-state index contributed by atoms with van der Waals surface area (Å²) in [6.07, 6.45) is 0.422. The Kier molecular flexibility index (Phi) is 9.30. The van der Waals surface area contributed by atoms with Gasteiger partial charge in [-0.25, -0.2) is 14.6 Å². The minimum absolute atomic E-state index is 0.174. The Balaban J connectivity index is 1.74. The van der Waals surface area contributed by atoms with E-state index >= 15 is 0 Å². The molecule has 0 aliphatic carbocycles. The van der Waals surface area contributed by atoms with Gasteiger partial charge in [0.15, 0.2) is 0 Å². The first kappa shape index (κ1) is 27.0. The third kappa shape index (κ3) is 8.27. The number of aromatic hydroxyl groups is 1. The molecule has 9 heteroatoms. The van der Waals surface area contributed by atoms with Crippen molar-refractivity contribution in [1.29, 1.82) is 0 Å². The summed E-state index contributed by atoms with van der Waals surface area (Å²) in [4.78, 5) is 30.4. The highest BCUT2D eigenvalue weighted by molar-refractivity contribution is 7.13. The molecule has 0 saturated carbocycles. The number of hydrogen-bond acceptors (Lipinski definition) is 6. The maximum Gasteiger partial charge on any atom is 0.408 e. The monoisotopic (exact) mass is 511 g/mol. The number of carbonyl (C=O) groups is 2. The van der Waals surface area contributed by atoms with Gasteiger partial charge in [0.1, 0.15) is 16.4 Å². The Hall–Kier alpha value is -3.59. The zero-order chi connectivity index (χ0) is 26.1. The van der Waals surface area contributed by atoms with Gasteiger partial charge in [-0.2, -0.15) is 0 Å². The number of aromatic nitrogens is 1. The van der Waals surface area contributed by atoms with Crippen molar-refractivity contribution in [2.45, 2.75) is 58.2 Å². The van der Waals surface area contributed by atoms with Gasteiger partial charge in [-0.1, -0.05) is 30.3 Å². The number of carbonyl (C=O) groups excluding carboxylic acids is 1. The molecule has 1 aromatic heterocycles. The molecule has 1 heterocycles. The van der Waals surface area contributed by atoms with Gasteiger partial charge < -0.3 is 20.3 Å². The molecule has 0 aliphatic rings. The molecule has 2 aromatic carbocycles. The van der Waals surface area contributed by atoms with E-state index < -0.39 is 23.8 Å². The fourth-order valence-electron chi connectivity index (χ4n) is 3.70. The number of ether oxygens (including phenoxy) is 1. The second-order valence-electron chi connectivity index (χ2n) is 9.46. The summed E-state index contributed by atoms with van der Waals surface area (Å²) in [5, 5.41) is 25.1. The summed E-state index contributed by atoms with van der Waals surface area (Å²) in [6, 6.07) is 15.8. The molecule has 0 aliphatic heterocycles. The zero-order valence-electron chi connectivity index (χ0n) is 20.8. The third-order valence-corrected chi connectivity index (χ3v) is 6.28. The van der Waals surface area contributed by atoms with Crippen LogP contribution < -0.4 is 5.32 Å². The number of hydrogen-bond donors (Lipinski definition) is 3. The number of carboxylic acid groups (broad SMARTS) is 1. The number of thiazole rings is 1. The van der Waals surface area contributed by atoms with Gasteiger partial charge >= 0.3 is 12.2 Å². The van der Waals surface area contributed by atoms with Gasteiger partial charge in [0.05, 0.1) is 11.7 Å². The SMILES string of the molecule is CC(C)(C)OC(=O)NCCCCC(c1csc(-c2ccc(O)cc2)n1)N(Cc1ccccc1)C(=O)O. The summed E-state index contributed by atoms with van der Waals surface area (Å²) in [6.45, 7) is 6.10. The molecular weight excluding hydrogens is 478 g/mol. The van der Waals surface area contributed by atoms with Crippen LogP contribution in [-0.4, -0.2) is 44.4 Å². The lowest BCUT2D eigenvalue weighted by Crippen LogP contribution is -2.34. The van der Waals surface area contributed by atoms with Crippen LogP contribution in [0.4, 0.5) is 9.59 Å². The number of nitrogens with one attached hydrogen (secondary N) is 1. The van der Waals surface area contributed by atoms with Crippen LogP contribution in [0.15, 0.2) is 60.0 Å². The standard InChI is InChI=1S/C27H33N3O5S/c1-27(2,3)35-25(32)28-16-8-7-11-23(30(26(33)34)17-19-9-5-4-6-10-19)22-18-36-24(29-22)20-12-14-21(31)15-13-20/h4-6,9-10,12-15,18,23,31H,7-8,11,16-17H2,1-3H3,(H,28,32)(H,33,34). The smallest absolute Gasteiger partial charge is 0.408 e. The Labute approximate surface area is 215 Å². The van der Waals surface area contributed by atoms with Crippen LogP contribution >= 0.6 is 11.3 Å². The van der Waals surface area contributed by atoms with Gasteiger partial charge in [0.25, 0.3) is 0 Å². The second kappa shape index (κ2) is 12.4. The van der Waals surface area contributed by atoms with Gasteiger partial charge in [0, 0.05) is 24.0 Å². The van der Waals surface area contributed by atoms with Gasteiger partial charge in [-0.3, -0.25) is 4.90 Å². The van der Waals surface area contributed by atoms with Crippen molar-refractivity contribution in [3.63, 3.8) is 0 Å². The fourth-order valence-corrected chi connectivity index (χ4v) is 4.57. The lowest BCUT2D eigenvalue weighted by molar-refractivity contribution is 0.0526. The molecule has 3 rings (SSSR count). The van der Waals surface area contributed by atoms with Crippen LogP contribution in [-0.2, 0) is 11.3 Å².